The minimum atomic E-state index is -0.0421. The summed E-state index contributed by atoms with van der Waals surface area (Å²) in [6, 6.07) is 5.60. The standard InChI is InChI=1S/C11H15NO2S/c1-12(2)11(13)9-6-5-8(15-4)7-10(9)14-3/h5-7H,1-4H3. The average molecular weight is 225 g/mol. The van der Waals surface area contributed by atoms with E-state index >= 15 is 0 Å². The number of carbonyl (C=O) groups excluding carboxylic acids is 1. The minimum absolute atomic E-state index is 0.0421. The van der Waals surface area contributed by atoms with E-state index in [2.05, 4.69) is 0 Å². The Morgan fingerprint density at radius 3 is 2.53 bits per heavy atom. The number of rotatable bonds is 3. The summed E-state index contributed by atoms with van der Waals surface area (Å²) in [6.45, 7) is 0. The molecule has 1 aromatic carbocycles. The Kier molecular flexibility index (Phi) is 4.03. The zero-order valence-electron chi connectivity index (χ0n) is 9.40. The molecule has 4 heteroatoms. The lowest BCUT2D eigenvalue weighted by Crippen LogP contribution is -2.22. The highest BCUT2D eigenvalue weighted by Crippen LogP contribution is 2.25. The molecule has 82 valence electrons. The number of thioether (sulfide) groups is 1. The number of amides is 1. The summed E-state index contributed by atoms with van der Waals surface area (Å²) in [5, 5.41) is 0. The number of methoxy groups -OCH3 is 1. The second-order valence-electron chi connectivity index (χ2n) is 3.27. The normalized spacial score (nSPS) is 9.87. The Hall–Kier alpha value is -1.16. The summed E-state index contributed by atoms with van der Waals surface area (Å²) in [7, 11) is 5.03. The topological polar surface area (TPSA) is 29.5 Å². The van der Waals surface area contributed by atoms with Crippen LogP contribution >= 0.6 is 11.8 Å². The van der Waals surface area contributed by atoms with E-state index in [1.807, 2.05) is 18.4 Å². The number of nitrogens with zero attached hydrogens (tertiary/aromatic N) is 1. The fourth-order valence-electron chi connectivity index (χ4n) is 1.22. The first-order valence-corrected chi connectivity index (χ1v) is 5.76. The SMILES string of the molecule is COc1cc(SC)ccc1C(=O)N(C)C. The number of carbonyl (C=O) groups is 1. The van der Waals surface area contributed by atoms with Crippen molar-refractivity contribution in [2.45, 2.75) is 4.90 Å². The predicted octanol–water partition coefficient (Wildman–Crippen LogP) is 2.12. The maximum absolute atomic E-state index is 11.8. The molecule has 0 saturated heterocycles. The molecule has 3 nitrogen and oxygen atoms in total. The molecule has 0 spiro atoms. The van der Waals surface area contributed by atoms with E-state index in [0.29, 0.717) is 11.3 Å². The average Bonchev–Trinajstić information content (AvgIpc) is 2.27. The molecule has 0 unspecified atom stereocenters. The molecule has 15 heavy (non-hydrogen) atoms. The van der Waals surface area contributed by atoms with Gasteiger partial charge in [-0.1, -0.05) is 0 Å². The van der Waals surface area contributed by atoms with Gasteiger partial charge < -0.3 is 9.64 Å². The molecule has 1 amide bonds. The molecule has 0 N–H and O–H groups in total. The zero-order valence-corrected chi connectivity index (χ0v) is 10.2. The Bertz CT molecular complexity index is 364. The number of hydrogen-bond acceptors (Lipinski definition) is 3. The van der Waals surface area contributed by atoms with Gasteiger partial charge in [0.15, 0.2) is 0 Å². The largest absolute Gasteiger partial charge is 0.496 e. The molecule has 0 aromatic heterocycles. The maximum Gasteiger partial charge on any atom is 0.257 e. The smallest absolute Gasteiger partial charge is 0.257 e. The molecule has 0 atom stereocenters. The molecule has 0 fully saturated rings. The van der Waals surface area contributed by atoms with E-state index in [1.165, 1.54) is 4.90 Å². The van der Waals surface area contributed by atoms with Crippen LogP contribution in [0.2, 0.25) is 0 Å². The Morgan fingerprint density at radius 1 is 1.40 bits per heavy atom. The lowest BCUT2D eigenvalue weighted by molar-refractivity contribution is 0.0824. The number of hydrogen-bond donors (Lipinski definition) is 0. The fourth-order valence-corrected chi connectivity index (χ4v) is 1.65. The van der Waals surface area contributed by atoms with Gasteiger partial charge in [-0.3, -0.25) is 4.79 Å². The van der Waals surface area contributed by atoms with Crippen molar-refractivity contribution in [1.29, 1.82) is 0 Å². The van der Waals surface area contributed by atoms with Crippen molar-refractivity contribution in [2.75, 3.05) is 27.5 Å². The molecule has 0 heterocycles. The van der Waals surface area contributed by atoms with E-state index < -0.39 is 0 Å². The van der Waals surface area contributed by atoms with E-state index in [4.69, 9.17) is 4.74 Å². The Labute approximate surface area is 94.4 Å². The van der Waals surface area contributed by atoms with Crippen molar-refractivity contribution in [2.24, 2.45) is 0 Å². The molecule has 0 radical (unpaired) electrons. The molecular weight excluding hydrogens is 210 g/mol. The second-order valence-corrected chi connectivity index (χ2v) is 4.15. The number of ether oxygens (including phenoxy) is 1. The summed E-state index contributed by atoms with van der Waals surface area (Å²) in [5.41, 5.74) is 0.598. The van der Waals surface area contributed by atoms with Crippen LogP contribution in [0.5, 0.6) is 5.75 Å². The van der Waals surface area contributed by atoms with Crippen LogP contribution in [0.4, 0.5) is 0 Å². The van der Waals surface area contributed by atoms with Gasteiger partial charge in [0.1, 0.15) is 5.75 Å². The van der Waals surface area contributed by atoms with Crippen molar-refractivity contribution < 1.29 is 9.53 Å². The molecule has 0 aliphatic heterocycles. The van der Waals surface area contributed by atoms with Crippen LogP contribution < -0.4 is 4.74 Å². The minimum Gasteiger partial charge on any atom is -0.496 e. The molecular formula is C11H15NO2S. The fraction of sp³-hybridized carbons (Fsp3) is 0.364. The van der Waals surface area contributed by atoms with Crippen molar-refractivity contribution >= 4 is 17.7 Å². The van der Waals surface area contributed by atoms with Crippen LogP contribution in [-0.4, -0.2) is 38.3 Å². The zero-order chi connectivity index (χ0) is 11.4. The highest BCUT2D eigenvalue weighted by atomic mass is 32.2. The molecule has 0 aliphatic rings. The molecule has 0 bridgehead atoms. The van der Waals surface area contributed by atoms with Gasteiger partial charge in [-0.15, -0.1) is 11.8 Å². The van der Waals surface area contributed by atoms with E-state index in [-0.39, 0.29) is 5.91 Å². The third-order valence-corrected chi connectivity index (χ3v) is 2.77. The Balaban J connectivity index is 3.13. The molecule has 1 aromatic rings. The molecule has 0 aliphatic carbocycles. The summed E-state index contributed by atoms with van der Waals surface area (Å²) in [4.78, 5) is 14.4. The van der Waals surface area contributed by atoms with E-state index in [0.717, 1.165) is 4.90 Å². The predicted molar refractivity (Wildman–Crippen MR) is 62.8 cm³/mol. The van der Waals surface area contributed by atoms with Crippen molar-refractivity contribution in [3.05, 3.63) is 23.8 Å². The first-order valence-electron chi connectivity index (χ1n) is 4.53. The highest BCUT2D eigenvalue weighted by Gasteiger charge is 2.14. The van der Waals surface area contributed by atoms with Crippen LogP contribution in [0.15, 0.2) is 23.1 Å². The molecule has 0 saturated carbocycles. The maximum atomic E-state index is 11.8. The van der Waals surface area contributed by atoms with Gasteiger partial charge in [0.2, 0.25) is 0 Å². The quantitative estimate of drug-likeness (QED) is 0.738. The van der Waals surface area contributed by atoms with Crippen LogP contribution in [0.25, 0.3) is 0 Å². The van der Waals surface area contributed by atoms with Crippen molar-refractivity contribution in [3.63, 3.8) is 0 Å². The highest BCUT2D eigenvalue weighted by molar-refractivity contribution is 7.98. The first-order chi connectivity index (χ1) is 7.10. The second kappa shape index (κ2) is 5.07. The van der Waals surface area contributed by atoms with Gasteiger partial charge >= 0.3 is 0 Å². The lowest BCUT2D eigenvalue weighted by Gasteiger charge is -2.13. The molecule has 1 rings (SSSR count). The van der Waals surface area contributed by atoms with Crippen LogP contribution in [-0.2, 0) is 0 Å². The summed E-state index contributed by atoms with van der Waals surface area (Å²) in [5.74, 6) is 0.583. The van der Waals surface area contributed by atoms with Gasteiger partial charge in [-0.05, 0) is 24.5 Å². The van der Waals surface area contributed by atoms with Gasteiger partial charge in [-0.2, -0.15) is 0 Å². The third kappa shape index (κ3) is 2.65. The van der Waals surface area contributed by atoms with Crippen molar-refractivity contribution in [3.8, 4) is 5.75 Å². The van der Waals surface area contributed by atoms with Crippen LogP contribution in [0.3, 0.4) is 0 Å². The van der Waals surface area contributed by atoms with E-state index in [9.17, 15) is 4.79 Å². The summed E-state index contributed by atoms with van der Waals surface area (Å²) in [6.07, 6.45) is 1.99. The number of benzene rings is 1. The monoisotopic (exact) mass is 225 g/mol. The van der Waals surface area contributed by atoms with Gasteiger partial charge in [0.25, 0.3) is 5.91 Å². The van der Waals surface area contributed by atoms with Gasteiger partial charge in [-0.25, -0.2) is 0 Å². The lowest BCUT2D eigenvalue weighted by atomic mass is 10.2. The van der Waals surface area contributed by atoms with Crippen molar-refractivity contribution in [1.82, 2.24) is 4.90 Å². The first kappa shape index (κ1) is 11.9. The van der Waals surface area contributed by atoms with Crippen LogP contribution in [0, 0.1) is 0 Å². The van der Waals surface area contributed by atoms with Gasteiger partial charge in [0.05, 0.1) is 12.7 Å². The Morgan fingerprint density at radius 2 is 2.07 bits per heavy atom. The summed E-state index contributed by atoms with van der Waals surface area (Å²) < 4.78 is 5.20. The summed E-state index contributed by atoms with van der Waals surface area (Å²) >= 11 is 1.62. The van der Waals surface area contributed by atoms with Gasteiger partial charge in [0, 0.05) is 19.0 Å². The van der Waals surface area contributed by atoms with E-state index in [1.54, 1.807) is 39.0 Å². The third-order valence-electron chi connectivity index (χ3n) is 2.05. The van der Waals surface area contributed by atoms with Crippen LogP contribution in [0.1, 0.15) is 10.4 Å².